The van der Waals surface area contributed by atoms with Gasteiger partial charge in [-0.15, -0.1) is 0 Å². The maximum Gasteiger partial charge on any atom is 0.197 e. The molecule has 0 amide bonds. The Labute approximate surface area is 94.0 Å². The second-order valence-electron chi connectivity index (χ2n) is 3.62. The number of aromatic nitrogens is 2. The highest BCUT2D eigenvalue weighted by molar-refractivity contribution is 7.71. The topological polar surface area (TPSA) is 28.7 Å². The Morgan fingerprint density at radius 3 is 2.40 bits per heavy atom. The number of aryl methyl sites for hydroxylation is 2. The van der Waals surface area contributed by atoms with Crippen LogP contribution < -0.4 is 0 Å². The molecule has 0 saturated carbocycles. The summed E-state index contributed by atoms with van der Waals surface area (Å²) in [5.41, 5.74) is 4.31. The highest BCUT2D eigenvalue weighted by Gasteiger charge is 1.99. The molecule has 0 aliphatic carbocycles. The largest absolute Gasteiger partial charge is 0.335 e. The summed E-state index contributed by atoms with van der Waals surface area (Å²) in [7, 11) is 0. The Morgan fingerprint density at radius 1 is 1.13 bits per heavy atom. The molecular formula is C12H12N2S. The molecule has 0 aliphatic heterocycles. The number of H-pyrrole nitrogens is 1. The van der Waals surface area contributed by atoms with E-state index in [4.69, 9.17) is 12.2 Å². The molecule has 76 valence electrons. The van der Waals surface area contributed by atoms with E-state index in [1.807, 2.05) is 13.0 Å². The van der Waals surface area contributed by atoms with Crippen molar-refractivity contribution >= 4 is 12.2 Å². The van der Waals surface area contributed by atoms with Gasteiger partial charge in [-0.05, 0) is 32.1 Å². The van der Waals surface area contributed by atoms with E-state index in [2.05, 4.69) is 41.2 Å². The molecule has 0 saturated heterocycles. The lowest BCUT2D eigenvalue weighted by molar-refractivity contribution is 1.08. The molecule has 0 spiro atoms. The highest BCUT2D eigenvalue weighted by atomic mass is 32.1. The monoisotopic (exact) mass is 216 g/mol. The van der Waals surface area contributed by atoms with Gasteiger partial charge in [0.2, 0.25) is 0 Å². The standard InChI is InChI=1S/C12H12N2S/c1-8-3-5-10(6-4-8)11-7-9(2)13-12(15)14-11/h3-7H,1-2H3,(H,13,14,15). The fraction of sp³-hybridized carbons (Fsp3) is 0.167. The van der Waals surface area contributed by atoms with Crippen molar-refractivity contribution in [3.8, 4) is 11.3 Å². The molecule has 2 aromatic rings. The molecule has 15 heavy (non-hydrogen) atoms. The lowest BCUT2D eigenvalue weighted by Gasteiger charge is -2.02. The Morgan fingerprint density at radius 2 is 1.80 bits per heavy atom. The molecule has 1 aromatic carbocycles. The molecule has 1 N–H and O–H groups in total. The van der Waals surface area contributed by atoms with E-state index in [-0.39, 0.29) is 0 Å². The first-order chi connectivity index (χ1) is 7.15. The third kappa shape index (κ3) is 2.30. The normalized spacial score (nSPS) is 10.3. The van der Waals surface area contributed by atoms with Gasteiger partial charge in [0.25, 0.3) is 0 Å². The third-order valence-electron chi connectivity index (χ3n) is 2.23. The molecule has 0 atom stereocenters. The van der Waals surface area contributed by atoms with Crippen molar-refractivity contribution in [2.45, 2.75) is 13.8 Å². The lowest BCUT2D eigenvalue weighted by atomic mass is 10.1. The van der Waals surface area contributed by atoms with Crippen molar-refractivity contribution < 1.29 is 0 Å². The predicted molar refractivity (Wildman–Crippen MR) is 64.3 cm³/mol. The van der Waals surface area contributed by atoms with Gasteiger partial charge in [0.1, 0.15) is 0 Å². The summed E-state index contributed by atoms with van der Waals surface area (Å²) in [6.07, 6.45) is 0. The van der Waals surface area contributed by atoms with Crippen LogP contribution in [0.25, 0.3) is 11.3 Å². The Balaban J connectivity index is 2.54. The average molecular weight is 216 g/mol. The van der Waals surface area contributed by atoms with E-state index in [0.717, 1.165) is 17.0 Å². The van der Waals surface area contributed by atoms with E-state index in [9.17, 15) is 0 Å². The summed E-state index contributed by atoms with van der Waals surface area (Å²) in [4.78, 5) is 7.29. The summed E-state index contributed by atoms with van der Waals surface area (Å²) in [5, 5.41) is 0. The first kappa shape index (κ1) is 10.1. The van der Waals surface area contributed by atoms with Crippen LogP contribution in [0, 0.1) is 18.6 Å². The highest BCUT2D eigenvalue weighted by Crippen LogP contribution is 2.17. The van der Waals surface area contributed by atoms with Gasteiger partial charge in [-0.3, -0.25) is 0 Å². The number of benzene rings is 1. The van der Waals surface area contributed by atoms with E-state index >= 15 is 0 Å². The van der Waals surface area contributed by atoms with Crippen LogP contribution in [0.15, 0.2) is 30.3 Å². The van der Waals surface area contributed by atoms with Crippen molar-refractivity contribution in [3.05, 3.63) is 46.4 Å². The second-order valence-corrected chi connectivity index (χ2v) is 4.01. The number of aromatic amines is 1. The molecule has 2 nitrogen and oxygen atoms in total. The van der Waals surface area contributed by atoms with Gasteiger partial charge in [0, 0.05) is 11.3 Å². The van der Waals surface area contributed by atoms with Gasteiger partial charge < -0.3 is 4.98 Å². The van der Waals surface area contributed by atoms with Gasteiger partial charge >= 0.3 is 0 Å². The van der Waals surface area contributed by atoms with Crippen LogP contribution in [-0.4, -0.2) is 9.97 Å². The Bertz CT molecular complexity index is 526. The van der Waals surface area contributed by atoms with Crippen LogP contribution in [0.5, 0.6) is 0 Å². The zero-order valence-corrected chi connectivity index (χ0v) is 9.56. The quantitative estimate of drug-likeness (QED) is 0.740. The van der Waals surface area contributed by atoms with Crippen molar-refractivity contribution in [2.24, 2.45) is 0 Å². The molecule has 3 heteroatoms. The number of hydrogen-bond acceptors (Lipinski definition) is 2. The fourth-order valence-electron chi connectivity index (χ4n) is 1.45. The molecule has 1 aromatic heterocycles. The van der Waals surface area contributed by atoms with Gasteiger partial charge in [0.15, 0.2) is 4.77 Å². The van der Waals surface area contributed by atoms with Crippen molar-refractivity contribution in [1.82, 2.24) is 9.97 Å². The van der Waals surface area contributed by atoms with Gasteiger partial charge in [0.05, 0.1) is 5.69 Å². The number of rotatable bonds is 1. The minimum absolute atomic E-state index is 0.533. The SMILES string of the molecule is Cc1ccc(-c2cc(C)[nH]c(=S)n2)cc1. The van der Waals surface area contributed by atoms with Crippen molar-refractivity contribution in [2.75, 3.05) is 0 Å². The first-order valence-corrected chi connectivity index (χ1v) is 5.21. The Hall–Kier alpha value is -1.48. The minimum atomic E-state index is 0.533. The summed E-state index contributed by atoms with van der Waals surface area (Å²) in [6.45, 7) is 4.05. The molecular weight excluding hydrogens is 204 g/mol. The third-order valence-corrected chi connectivity index (χ3v) is 2.42. The number of nitrogens with zero attached hydrogens (tertiary/aromatic N) is 1. The molecule has 0 bridgehead atoms. The van der Waals surface area contributed by atoms with E-state index in [1.165, 1.54) is 5.56 Å². The van der Waals surface area contributed by atoms with Crippen molar-refractivity contribution in [3.63, 3.8) is 0 Å². The maximum atomic E-state index is 5.05. The number of nitrogens with one attached hydrogen (secondary N) is 1. The first-order valence-electron chi connectivity index (χ1n) is 4.80. The smallest absolute Gasteiger partial charge is 0.197 e. The van der Waals surface area contributed by atoms with E-state index in [1.54, 1.807) is 0 Å². The van der Waals surface area contributed by atoms with Crippen molar-refractivity contribution in [1.29, 1.82) is 0 Å². The van der Waals surface area contributed by atoms with Crippen LogP contribution in [0.2, 0.25) is 0 Å². The van der Waals surface area contributed by atoms with Crippen LogP contribution in [0.3, 0.4) is 0 Å². The lowest BCUT2D eigenvalue weighted by Crippen LogP contribution is -1.90. The minimum Gasteiger partial charge on any atom is -0.335 e. The molecule has 0 aliphatic rings. The summed E-state index contributed by atoms with van der Waals surface area (Å²) >= 11 is 5.05. The summed E-state index contributed by atoms with van der Waals surface area (Å²) < 4.78 is 0.533. The maximum absolute atomic E-state index is 5.05. The van der Waals surface area contributed by atoms with Gasteiger partial charge in [-0.25, -0.2) is 4.98 Å². The Kier molecular flexibility index (Phi) is 2.64. The van der Waals surface area contributed by atoms with E-state index < -0.39 is 0 Å². The second kappa shape index (κ2) is 3.95. The summed E-state index contributed by atoms with van der Waals surface area (Å²) in [6, 6.07) is 10.3. The van der Waals surface area contributed by atoms with Crippen LogP contribution in [0.1, 0.15) is 11.3 Å². The fourth-order valence-corrected chi connectivity index (χ4v) is 1.71. The zero-order valence-electron chi connectivity index (χ0n) is 8.74. The molecule has 1 heterocycles. The van der Waals surface area contributed by atoms with E-state index in [0.29, 0.717) is 4.77 Å². The number of hydrogen-bond donors (Lipinski definition) is 1. The molecule has 0 unspecified atom stereocenters. The molecule has 0 radical (unpaired) electrons. The summed E-state index contributed by atoms with van der Waals surface area (Å²) in [5.74, 6) is 0. The van der Waals surface area contributed by atoms with Crippen LogP contribution in [-0.2, 0) is 0 Å². The van der Waals surface area contributed by atoms with Crippen LogP contribution >= 0.6 is 12.2 Å². The van der Waals surface area contributed by atoms with Crippen LogP contribution in [0.4, 0.5) is 0 Å². The predicted octanol–water partition coefficient (Wildman–Crippen LogP) is 3.42. The zero-order chi connectivity index (χ0) is 10.8. The molecule has 2 rings (SSSR count). The van der Waals surface area contributed by atoms with Gasteiger partial charge in [-0.2, -0.15) is 0 Å². The molecule has 0 fully saturated rings. The average Bonchev–Trinajstić information content (AvgIpc) is 2.17. The van der Waals surface area contributed by atoms with Gasteiger partial charge in [-0.1, -0.05) is 29.8 Å².